The molecule has 3 aromatic heterocycles. The highest BCUT2D eigenvalue weighted by Crippen LogP contribution is 2.39. The minimum atomic E-state index is -0.902. The summed E-state index contributed by atoms with van der Waals surface area (Å²) >= 11 is 3.18. The van der Waals surface area contributed by atoms with Crippen molar-refractivity contribution in [2.24, 2.45) is 11.8 Å². The highest BCUT2D eigenvalue weighted by Gasteiger charge is 2.42. The van der Waals surface area contributed by atoms with Crippen molar-refractivity contribution in [1.82, 2.24) is 19.9 Å². The first-order chi connectivity index (χ1) is 17.0. The van der Waals surface area contributed by atoms with E-state index in [1.54, 1.807) is 28.9 Å². The standard InChI is InChI=1S/C25H28N6O2S2/c1-13-20(24-30-16-4-2-3-5-18(16)35-24)23(31-25(28-13)27-12-14-6-7-14)29-17-10-15(21(32)22(17)33)11-19-26-8-9-34-19/h2-5,8-9,14-15,17,21-22,32-33H,6-7,10-12H2,1H3,(H2,27,28,29,31)/t15-,17-,21-,22+/m1/s1. The number of nitrogens with one attached hydrogen (secondary N) is 2. The fourth-order valence-electron chi connectivity index (χ4n) is 4.77. The smallest absolute Gasteiger partial charge is 0.224 e. The monoisotopic (exact) mass is 508 g/mol. The van der Waals surface area contributed by atoms with Crippen LogP contribution in [0.4, 0.5) is 11.8 Å². The van der Waals surface area contributed by atoms with Crippen LogP contribution < -0.4 is 10.6 Å². The maximum atomic E-state index is 10.9. The molecule has 2 aliphatic rings. The minimum Gasteiger partial charge on any atom is -0.390 e. The second-order valence-corrected chi connectivity index (χ2v) is 11.5. The lowest BCUT2D eigenvalue weighted by atomic mass is 10.0. The van der Waals surface area contributed by atoms with Crippen LogP contribution in [0.3, 0.4) is 0 Å². The largest absolute Gasteiger partial charge is 0.390 e. The van der Waals surface area contributed by atoms with E-state index in [2.05, 4.69) is 21.7 Å². The number of rotatable bonds is 8. The molecule has 4 atom stereocenters. The number of nitrogens with zero attached hydrogens (tertiary/aromatic N) is 4. The van der Waals surface area contributed by atoms with Crippen LogP contribution >= 0.6 is 22.7 Å². The van der Waals surface area contributed by atoms with E-state index in [0.717, 1.165) is 38.0 Å². The molecular weight excluding hydrogens is 480 g/mol. The van der Waals surface area contributed by atoms with Gasteiger partial charge in [-0.15, -0.1) is 22.7 Å². The average molecular weight is 509 g/mol. The van der Waals surface area contributed by atoms with Crippen LogP contribution in [-0.4, -0.2) is 54.9 Å². The van der Waals surface area contributed by atoms with E-state index in [4.69, 9.17) is 15.0 Å². The maximum absolute atomic E-state index is 10.9. The Balaban J connectivity index is 1.32. The van der Waals surface area contributed by atoms with Crippen LogP contribution in [0.15, 0.2) is 35.8 Å². The fourth-order valence-corrected chi connectivity index (χ4v) is 6.55. The zero-order chi connectivity index (χ0) is 23.9. The summed E-state index contributed by atoms with van der Waals surface area (Å²) in [7, 11) is 0. The van der Waals surface area contributed by atoms with Crippen molar-refractivity contribution in [2.75, 3.05) is 17.2 Å². The second kappa shape index (κ2) is 9.42. The average Bonchev–Trinajstić information content (AvgIpc) is 3.24. The van der Waals surface area contributed by atoms with Gasteiger partial charge < -0.3 is 20.8 Å². The highest BCUT2D eigenvalue weighted by atomic mass is 32.1. The Morgan fingerprint density at radius 1 is 1.09 bits per heavy atom. The van der Waals surface area contributed by atoms with Gasteiger partial charge in [0.15, 0.2) is 0 Å². The number of thiazole rings is 2. The van der Waals surface area contributed by atoms with Gasteiger partial charge in [-0.05, 0) is 50.2 Å². The molecule has 2 aliphatic carbocycles. The predicted octanol–water partition coefficient (Wildman–Crippen LogP) is 4.11. The number of aryl methyl sites for hydroxylation is 1. The van der Waals surface area contributed by atoms with Crippen LogP contribution in [0.1, 0.15) is 30.0 Å². The Morgan fingerprint density at radius 2 is 1.94 bits per heavy atom. The van der Waals surface area contributed by atoms with E-state index >= 15 is 0 Å². The highest BCUT2D eigenvalue weighted by molar-refractivity contribution is 7.21. The molecule has 6 rings (SSSR count). The van der Waals surface area contributed by atoms with Crippen molar-refractivity contribution < 1.29 is 10.2 Å². The Kier molecular flexibility index (Phi) is 6.13. The van der Waals surface area contributed by atoms with Crippen LogP contribution in [0.25, 0.3) is 20.8 Å². The molecule has 0 radical (unpaired) electrons. The summed E-state index contributed by atoms with van der Waals surface area (Å²) in [5, 5.41) is 32.3. The fraction of sp³-hybridized carbons (Fsp3) is 0.440. The molecule has 3 heterocycles. The van der Waals surface area contributed by atoms with Crippen molar-refractivity contribution in [1.29, 1.82) is 0 Å². The van der Waals surface area contributed by atoms with E-state index in [1.807, 2.05) is 30.5 Å². The van der Waals surface area contributed by atoms with Gasteiger partial charge in [-0.3, -0.25) is 0 Å². The van der Waals surface area contributed by atoms with Crippen molar-refractivity contribution >= 4 is 44.7 Å². The predicted molar refractivity (Wildman–Crippen MR) is 140 cm³/mol. The maximum Gasteiger partial charge on any atom is 0.224 e. The zero-order valence-corrected chi connectivity index (χ0v) is 21.0. The van der Waals surface area contributed by atoms with Gasteiger partial charge in [0.05, 0.1) is 38.6 Å². The molecular formula is C25H28N6O2S2. The van der Waals surface area contributed by atoms with Crippen LogP contribution in [-0.2, 0) is 6.42 Å². The van der Waals surface area contributed by atoms with Crippen LogP contribution in [0.5, 0.6) is 0 Å². The number of fused-ring (bicyclic) bond motifs is 1. The summed E-state index contributed by atoms with van der Waals surface area (Å²) in [4.78, 5) is 18.8. The Bertz CT molecular complexity index is 1290. The molecule has 2 saturated carbocycles. The zero-order valence-electron chi connectivity index (χ0n) is 19.4. The Hall–Kier alpha value is -2.66. The molecule has 10 heteroatoms. The van der Waals surface area contributed by atoms with E-state index < -0.39 is 12.2 Å². The summed E-state index contributed by atoms with van der Waals surface area (Å²) < 4.78 is 1.10. The van der Waals surface area contributed by atoms with Crippen molar-refractivity contribution in [3.8, 4) is 10.6 Å². The van der Waals surface area contributed by atoms with Crippen LogP contribution in [0, 0.1) is 18.8 Å². The third-order valence-corrected chi connectivity index (χ3v) is 8.74. The summed E-state index contributed by atoms with van der Waals surface area (Å²) in [6.07, 6.45) is 3.81. The molecule has 8 nitrogen and oxygen atoms in total. The van der Waals surface area contributed by atoms with Gasteiger partial charge in [-0.25, -0.2) is 15.0 Å². The third-order valence-electron chi connectivity index (χ3n) is 6.89. The molecule has 0 bridgehead atoms. The van der Waals surface area contributed by atoms with Crippen molar-refractivity contribution in [3.63, 3.8) is 0 Å². The Morgan fingerprint density at radius 3 is 2.71 bits per heavy atom. The first kappa shape index (κ1) is 22.8. The van der Waals surface area contributed by atoms with Gasteiger partial charge in [0, 0.05) is 24.5 Å². The number of hydrogen-bond donors (Lipinski definition) is 4. The van der Waals surface area contributed by atoms with Crippen LogP contribution in [0.2, 0.25) is 0 Å². The van der Waals surface area contributed by atoms with E-state index in [9.17, 15) is 10.2 Å². The Labute approximate surface area is 211 Å². The summed E-state index contributed by atoms with van der Waals surface area (Å²) in [5.41, 5.74) is 2.61. The van der Waals surface area contributed by atoms with Crippen molar-refractivity contribution in [3.05, 3.63) is 46.5 Å². The number of hydrogen-bond acceptors (Lipinski definition) is 10. The number of benzene rings is 1. The lowest BCUT2D eigenvalue weighted by Crippen LogP contribution is -2.35. The molecule has 0 unspecified atom stereocenters. The van der Waals surface area contributed by atoms with Gasteiger partial charge in [-0.2, -0.15) is 4.98 Å². The SMILES string of the molecule is Cc1nc(NCC2CC2)nc(N[C@@H]2C[C@H](Cc3nccs3)[C@@H](O)[C@H]2O)c1-c1nc2ccccc2s1. The first-order valence-corrected chi connectivity index (χ1v) is 13.7. The summed E-state index contributed by atoms with van der Waals surface area (Å²) in [5.74, 6) is 1.84. The summed E-state index contributed by atoms with van der Waals surface area (Å²) in [6.45, 7) is 2.84. The molecule has 0 amide bonds. The first-order valence-electron chi connectivity index (χ1n) is 12.0. The molecule has 0 aliphatic heterocycles. The molecule has 182 valence electrons. The number of aliphatic hydroxyl groups is 2. The molecule has 1 aromatic carbocycles. The molecule has 0 spiro atoms. The van der Waals surface area contributed by atoms with E-state index in [0.29, 0.717) is 30.5 Å². The number of anilines is 2. The lowest BCUT2D eigenvalue weighted by Gasteiger charge is -2.21. The minimum absolute atomic E-state index is 0.0741. The van der Waals surface area contributed by atoms with Gasteiger partial charge in [0.1, 0.15) is 16.9 Å². The molecule has 35 heavy (non-hydrogen) atoms. The topological polar surface area (TPSA) is 116 Å². The number of para-hydroxylation sites is 1. The lowest BCUT2D eigenvalue weighted by molar-refractivity contribution is 0.0175. The quantitative estimate of drug-likeness (QED) is 0.281. The third kappa shape index (κ3) is 4.75. The van der Waals surface area contributed by atoms with E-state index in [-0.39, 0.29) is 12.0 Å². The molecule has 4 N–H and O–H groups in total. The van der Waals surface area contributed by atoms with Gasteiger partial charge in [0.25, 0.3) is 0 Å². The van der Waals surface area contributed by atoms with Crippen molar-refractivity contribution in [2.45, 2.75) is 50.9 Å². The molecule has 4 aromatic rings. The number of aromatic nitrogens is 4. The van der Waals surface area contributed by atoms with Gasteiger partial charge in [0.2, 0.25) is 5.95 Å². The van der Waals surface area contributed by atoms with Gasteiger partial charge in [-0.1, -0.05) is 12.1 Å². The van der Waals surface area contributed by atoms with E-state index in [1.165, 1.54) is 12.8 Å². The summed E-state index contributed by atoms with van der Waals surface area (Å²) in [6, 6.07) is 7.72. The number of aliphatic hydroxyl groups excluding tert-OH is 2. The van der Waals surface area contributed by atoms with Gasteiger partial charge >= 0.3 is 0 Å². The molecule has 2 fully saturated rings. The second-order valence-electron chi connectivity index (χ2n) is 9.53. The molecule has 0 saturated heterocycles. The normalized spacial score (nSPS) is 24.2.